The second kappa shape index (κ2) is 6.57. The summed E-state index contributed by atoms with van der Waals surface area (Å²) in [6.45, 7) is 0.680. The van der Waals surface area contributed by atoms with Crippen molar-refractivity contribution in [1.29, 1.82) is 0 Å². The van der Waals surface area contributed by atoms with Crippen LogP contribution in [-0.4, -0.2) is 33.5 Å². The van der Waals surface area contributed by atoms with Crippen LogP contribution in [0.1, 0.15) is 40.5 Å². The quantitative estimate of drug-likeness (QED) is 0.852. The lowest BCUT2D eigenvalue weighted by atomic mass is 9.75. The summed E-state index contributed by atoms with van der Waals surface area (Å²) in [4.78, 5) is 24.2. The maximum atomic E-state index is 12.7. The van der Waals surface area contributed by atoms with Crippen molar-refractivity contribution < 1.29 is 14.6 Å². The third-order valence-electron chi connectivity index (χ3n) is 5.17. The molecule has 2 heterocycles. The van der Waals surface area contributed by atoms with E-state index in [1.54, 1.807) is 0 Å². The minimum Gasteiger partial charge on any atom is -0.493 e. The maximum absolute atomic E-state index is 12.7. The second-order valence-corrected chi connectivity index (χ2v) is 6.98. The van der Waals surface area contributed by atoms with Crippen molar-refractivity contribution in [2.24, 2.45) is 13.0 Å². The number of ether oxygens (including phenoxy) is 1. The van der Waals surface area contributed by atoms with Gasteiger partial charge in [-0.2, -0.15) is 5.10 Å². The van der Waals surface area contributed by atoms with E-state index in [-0.39, 0.29) is 35.2 Å². The van der Waals surface area contributed by atoms with Crippen LogP contribution in [0.3, 0.4) is 0 Å². The molecule has 4 rings (SSSR count). The average molecular weight is 355 g/mol. The highest BCUT2D eigenvalue weighted by molar-refractivity contribution is 5.92. The molecule has 1 saturated carbocycles. The number of fused-ring (bicyclic) bond motifs is 1. The number of hydrogen-bond acceptors (Lipinski definition) is 5. The number of aliphatic hydroxyl groups excluding tert-OH is 1. The van der Waals surface area contributed by atoms with Crippen LogP contribution in [0.15, 0.2) is 35.1 Å². The molecule has 1 amide bonds. The molecule has 2 aliphatic rings. The molecule has 0 radical (unpaired) electrons. The molecule has 7 heteroatoms. The minimum absolute atomic E-state index is 0.168. The number of amides is 1. The van der Waals surface area contributed by atoms with Crippen molar-refractivity contribution in [3.05, 3.63) is 57.5 Å². The summed E-state index contributed by atoms with van der Waals surface area (Å²) in [5, 5.41) is 16.8. The summed E-state index contributed by atoms with van der Waals surface area (Å²) in [5.41, 5.74) is 2.08. The maximum Gasteiger partial charge on any atom is 0.272 e. The normalized spacial score (nSPS) is 22.1. The van der Waals surface area contributed by atoms with Gasteiger partial charge in [-0.1, -0.05) is 6.07 Å². The number of nitrogens with one attached hydrogen (secondary N) is 1. The van der Waals surface area contributed by atoms with Crippen LogP contribution in [0, 0.1) is 5.92 Å². The largest absolute Gasteiger partial charge is 0.493 e. The van der Waals surface area contributed by atoms with Crippen molar-refractivity contribution in [3.8, 4) is 5.75 Å². The van der Waals surface area contributed by atoms with Crippen LogP contribution in [0.2, 0.25) is 0 Å². The van der Waals surface area contributed by atoms with Crippen LogP contribution in [0.25, 0.3) is 0 Å². The van der Waals surface area contributed by atoms with Gasteiger partial charge in [0.2, 0.25) is 0 Å². The Morgan fingerprint density at radius 3 is 2.88 bits per heavy atom. The molecule has 26 heavy (non-hydrogen) atoms. The molecule has 7 nitrogen and oxygen atoms in total. The van der Waals surface area contributed by atoms with Gasteiger partial charge in [0.15, 0.2) is 0 Å². The standard InChI is InChI=1S/C19H21N3O4/c1-22-17(24)5-3-15(21-22)19(25)20-18(13-9-14(23)10-13)12-2-4-16-11(8-12)6-7-26-16/h2-5,8,13-14,18,23H,6-7,9-10H2,1H3,(H,20,25)/t13?,14?,18-/m0/s1. The van der Waals surface area contributed by atoms with Gasteiger partial charge in [-0.3, -0.25) is 9.59 Å². The van der Waals surface area contributed by atoms with Gasteiger partial charge in [-0.15, -0.1) is 0 Å². The van der Waals surface area contributed by atoms with E-state index in [0.717, 1.165) is 28.0 Å². The number of carbonyl (C=O) groups excluding carboxylic acids is 1. The molecule has 2 aromatic rings. The highest BCUT2D eigenvalue weighted by Crippen LogP contribution is 2.39. The molecule has 1 aromatic carbocycles. The fourth-order valence-corrected chi connectivity index (χ4v) is 3.61. The summed E-state index contributed by atoms with van der Waals surface area (Å²) in [6, 6.07) is 8.53. The topological polar surface area (TPSA) is 93.5 Å². The fourth-order valence-electron chi connectivity index (χ4n) is 3.61. The molecule has 2 N–H and O–H groups in total. The van der Waals surface area contributed by atoms with Crippen LogP contribution in [0.5, 0.6) is 5.75 Å². The number of rotatable bonds is 4. The first-order valence-electron chi connectivity index (χ1n) is 8.80. The Morgan fingerprint density at radius 2 is 2.15 bits per heavy atom. The monoisotopic (exact) mass is 355 g/mol. The van der Waals surface area contributed by atoms with E-state index in [1.807, 2.05) is 12.1 Å². The van der Waals surface area contributed by atoms with Crippen LogP contribution in [0.4, 0.5) is 0 Å². The minimum atomic E-state index is -0.330. The SMILES string of the molecule is Cn1nc(C(=O)N[C@@H](c2ccc3c(c2)CCO3)C2CC(O)C2)ccc1=O. The lowest BCUT2D eigenvalue weighted by molar-refractivity contribution is 0.0234. The first-order chi connectivity index (χ1) is 12.5. The molecular weight excluding hydrogens is 334 g/mol. The van der Waals surface area contributed by atoms with Gasteiger partial charge in [-0.25, -0.2) is 4.68 Å². The number of carbonyl (C=O) groups is 1. The van der Waals surface area contributed by atoms with Crippen LogP contribution >= 0.6 is 0 Å². The molecule has 0 bridgehead atoms. The molecular formula is C19H21N3O4. The Bertz CT molecular complexity index is 902. The summed E-state index contributed by atoms with van der Waals surface area (Å²) < 4.78 is 6.70. The van der Waals surface area contributed by atoms with E-state index in [0.29, 0.717) is 19.4 Å². The Hall–Kier alpha value is -2.67. The number of nitrogens with zero attached hydrogens (tertiary/aromatic N) is 2. The van der Waals surface area contributed by atoms with Gasteiger partial charge in [0, 0.05) is 19.5 Å². The fraction of sp³-hybridized carbons (Fsp3) is 0.421. The number of benzene rings is 1. The first kappa shape index (κ1) is 16.8. The zero-order valence-electron chi connectivity index (χ0n) is 14.5. The van der Waals surface area contributed by atoms with Crippen molar-refractivity contribution >= 4 is 5.91 Å². The van der Waals surface area contributed by atoms with Crippen molar-refractivity contribution in [2.45, 2.75) is 31.4 Å². The third-order valence-corrected chi connectivity index (χ3v) is 5.17. The highest BCUT2D eigenvalue weighted by Gasteiger charge is 2.36. The number of aliphatic hydroxyl groups is 1. The van der Waals surface area contributed by atoms with Crippen LogP contribution < -0.4 is 15.6 Å². The number of aromatic nitrogens is 2. The molecule has 1 aliphatic heterocycles. The van der Waals surface area contributed by atoms with Gasteiger partial charge >= 0.3 is 0 Å². The van der Waals surface area contributed by atoms with Gasteiger partial charge in [-0.05, 0) is 48.1 Å². The van der Waals surface area contributed by atoms with Crippen molar-refractivity contribution in [2.75, 3.05) is 6.61 Å². The zero-order valence-corrected chi connectivity index (χ0v) is 14.5. The summed E-state index contributed by atoms with van der Waals surface area (Å²) in [7, 11) is 1.51. The molecule has 1 fully saturated rings. The van der Waals surface area contributed by atoms with Gasteiger partial charge in [0.25, 0.3) is 11.5 Å². The molecule has 0 unspecified atom stereocenters. The first-order valence-corrected chi connectivity index (χ1v) is 8.80. The summed E-state index contributed by atoms with van der Waals surface area (Å²) >= 11 is 0. The lowest BCUT2D eigenvalue weighted by Gasteiger charge is -2.38. The van der Waals surface area contributed by atoms with Gasteiger partial charge in [0.05, 0.1) is 18.8 Å². The molecule has 1 aliphatic carbocycles. The van der Waals surface area contributed by atoms with Crippen molar-refractivity contribution in [1.82, 2.24) is 15.1 Å². The van der Waals surface area contributed by atoms with Crippen molar-refractivity contribution in [3.63, 3.8) is 0 Å². The Morgan fingerprint density at radius 1 is 1.35 bits per heavy atom. The van der Waals surface area contributed by atoms with E-state index in [4.69, 9.17) is 4.74 Å². The molecule has 1 atom stereocenters. The third kappa shape index (κ3) is 3.10. The summed E-state index contributed by atoms with van der Waals surface area (Å²) in [5.74, 6) is 0.734. The van der Waals surface area contributed by atoms with E-state index in [2.05, 4.69) is 16.5 Å². The van der Waals surface area contributed by atoms with E-state index in [1.165, 1.54) is 19.2 Å². The Balaban J connectivity index is 1.60. The molecule has 0 spiro atoms. The number of hydrogen-bond donors (Lipinski definition) is 2. The van der Waals surface area contributed by atoms with Crippen LogP contribution in [-0.2, 0) is 13.5 Å². The van der Waals surface area contributed by atoms with E-state index < -0.39 is 0 Å². The smallest absolute Gasteiger partial charge is 0.272 e. The van der Waals surface area contributed by atoms with Gasteiger partial charge < -0.3 is 15.2 Å². The average Bonchev–Trinajstić information content (AvgIpc) is 3.07. The number of aryl methyl sites for hydroxylation is 1. The predicted molar refractivity (Wildman–Crippen MR) is 94.1 cm³/mol. The molecule has 1 aromatic heterocycles. The zero-order chi connectivity index (χ0) is 18.3. The lowest BCUT2D eigenvalue weighted by Crippen LogP contribution is -2.42. The van der Waals surface area contributed by atoms with Gasteiger partial charge in [0.1, 0.15) is 11.4 Å². The van der Waals surface area contributed by atoms with E-state index >= 15 is 0 Å². The second-order valence-electron chi connectivity index (χ2n) is 6.98. The highest BCUT2D eigenvalue weighted by atomic mass is 16.5. The van der Waals surface area contributed by atoms with E-state index in [9.17, 15) is 14.7 Å². The Kier molecular flexibility index (Phi) is 4.24. The molecule has 136 valence electrons. The molecule has 0 saturated heterocycles. The Labute approximate surface area is 150 Å². The summed E-state index contributed by atoms with van der Waals surface area (Å²) in [6.07, 6.45) is 1.85. The predicted octanol–water partition coefficient (Wildman–Crippen LogP) is 0.957.